The van der Waals surface area contributed by atoms with E-state index in [4.69, 9.17) is 4.74 Å². The van der Waals surface area contributed by atoms with Crippen molar-refractivity contribution in [2.24, 2.45) is 0 Å². The van der Waals surface area contributed by atoms with Gasteiger partial charge in [-0.2, -0.15) is 0 Å². The molecule has 0 bridgehead atoms. The fourth-order valence-electron chi connectivity index (χ4n) is 2.93. The summed E-state index contributed by atoms with van der Waals surface area (Å²) in [5, 5.41) is 0.926. The van der Waals surface area contributed by atoms with Crippen LogP contribution in [0.5, 0.6) is 0 Å². The Morgan fingerprint density at radius 3 is 2.76 bits per heavy atom. The van der Waals surface area contributed by atoms with E-state index in [0.717, 1.165) is 50.2 Å². The monoisotopic (exact) mass is 374 g/mol. The lowest BCUT2D eigenvalue weighted by molar-refractivity contribution is 0.0757. The molecule has 0 spiro atoms. The fourth-order valence-corrected chi connectivity index (χ4v) is 4.89. The lowest BCUT2D eigenvalue weighted by atomic mass is 9.96. The topological polar surface area (TPSA) is 15.7 Å². The Kier molecular flexibility index (Phi) is 5.56. The van der Waals surface area contributed by atoms with Gasteiger partial charge in [0.2, 0.25) is 0 Å². The van der Waals surface area contributed by atoms with Crippen LogP contribution >= 0.6 is 28.1 Å². The van der Waals surface area contributed by atoms with Gasteiger partial charge in [-0.25, -0.2) is 13.0 Å². The summed E-state index contributed by atoms with van der Waals surface area (Å²) in [6.45, 7) is 4.42. The van der Waals surface area contributed by atoms with Crippen LogP contribution in [0.25, 0.3) is 0 Å². The van der Waals surface area contributed by atoms with E-state index in [1.54, 1.807) is 24.3 Å². The van der Waals surface area contributed by atoms with Gasteiger partial charge < -0.3 is 4.74 Å². The van der Waals surface area contributed by atoms with E-state index in [9.17, 15) is 4.39 Å². The van der Waals surface area contributed by atoms with Gasteiger partial charge in [-0.1, -0.05) is 34.1 Å². The Morgan fingerprint density at radius 2 is 2.05 bits per heavy atom. The Hall–Kier alpha value is -0.140. The number of hydrogen-bond donors (Lipinski definition) is 0. The summed E-state index contributed by atoms with van der Waals surface area (Å²) in [7, 11) is 0. The molecule has 0 N–H and O–H groups in total. The third-order valence-corrected chi connectivity index (χ3v) is 6.08. The molecular weight excluding hydrogens is 355 g/mol. The zero-order chi connectivity index (χ0) is 14.7. The van der Waals surface area contributed by atoms with Crippen molar-refractivity contribution in [1.82, 2.24) is 8.61 Å². The van der Waals surface area contributed by atoms with Gasteiger partial charge in [0.15, 0.2) is 0 Å². The maximum atomic E-state index is 14.0. The third kappa shape index (κ3) is 3.79. The van der Waals surface area contributed by atoms with Crippen molar-refractivity contribution < 1.29 is 9.13 Å². The second kappa shape index (κ2) is 7.42. The Bertz CT molecular complexity index is 473. The molecule has 3 rings (SSSR count). The van der Waals surface area contributed by atoms with Gasteiger partial charge in [0.25, 0.3) is 0 Å². The van der Waals surface area contributed by atoms with E-state index in [2.05, 4.69) is 24.5 Å². The van der Waals surface area contributed by atoms with Crippen molar-refractivity contribution in [3.05, 3.63) is 35.6 Å². The maximum absolute atomic E-state index is 14.0. The zero-order valence-electron chi connectivity index (χ0n) is 11.9. The molecule has 2 heterocycles. The average molecular weight is 375 g/mol. The molecule has 2 fully saturated rings. The highest BCUT2D eigenvalue weighted by Crippen LogP contribution is 2.38. The Morgan fingerprint density at radius 1 is 1.29 bits per heavy atom. The van der Waals surface area contributed by atoms with Crippen LogP contribution in [0.2, 0.25) is 0 Å². The molecule has 0 aromatic heterocycles. The summed E-state index contributed by atoms with van der Waals surface area (Å²) in [5.41, 5.74) is 0.855. The molecule has 0 amide bonds. The lowest BCUT2D eigenvalue weighted by Gasteiger charge is -2.31. The highest BCUT2D eigenvalue weighted by atomic mass is 79.9. The van der Waals surface area contributed by atoms with Gasteiger partial charge >= 0.3 is 0 Å². The predicted molar refractivity (Wildman–Crippen MR) is 88.0 cm³/mol. The van der Waals surface area contributed by atoms with E-state index < -0.39 is 0 Å². The van der Waals surface area contributed by atoms with Gasteiger partial charge in [-0.05, 0) is 18.1 Å². The first-order chi connectivity index (χ1) is 10.3. The van der Waals surface area contributed by atoms with E-state index in [1.807, 2.05) is 12.1 Å². The Labute approximate surface area is 138 Å². The smallest absolute Gasteiger partial charge is 0.126 e. The molecule has 0 aliphatic carbocycles. The minimum atomic E-state index is -0.0750. The highest BCUT2D eigenvalue weighted by molar-refractivity contribution is 9.09. The molecule has 2 unspecified atom stereocenters. The van der Waals surface area contributed by atoms with Crippen LogP contribution in [0.4, 0.5) is 4.39 Å². The molecule has 116 valence electrons. The summed E-state index contributed by atoms with van der Waals surface area (Å²) in [6, 6.07) is 7.63. The fraction of sp³-hybridized carbons (Fsp3) is 0.600. The average Bonchev–Trinajstić information content (AvgIpc) is 2.91. The standard InChI is InChI=1S/C15H20BrFN2OS/c16-10-13-9-12(14-3-1-2-4-15(14)17)11-19(13)21-18-5-7-20-8-6-18/h1-4,12-13H,5-11H2. The van der Waals surface area contributed by atoms with Crippen molar-refractivity contribution in [3.63, 3.8) is 0 Å². The second-order valence-electron chi connectivity index (χ2n) is 5.48. The van der Waals surface area contributed by atoms with Crippen molar-refractivity contribution in [1.29, 1.82) is 0 Å². The van der Waals surface area contributed by atoms with Gasteiger partial charge in [-0.3, -0.25) is 0 Å². The molecule has 1 aromatic carbocycles. The molecule has 0 radical (unpaired) electrons. The predicted octanol–water partition coefficient (Wildman–Crippen LogP) is 3.27. The number of rotatable bonds is 4. The van der Waals surface area contributed by atoms with Crippen LogP contribution < -0.4 is 0 Å². The second-order valence-corrected chi connectivity index (χ2v) is 7.28. The van der Waals surface area contributed by atoms with Gasteiger partial charge in [0.1, 0.15) is 5.82 Å². The first kappa shape index (κ1) is 15.7. The van der Waals surface area contributed by atoms with Crippen LogP contribution in [-0.4, -0.2) is 52.8 Å². The highest BCUT2D eigenvalue weighted by Gasteiger charge is 2.35. The molecule has 1 aromatic rings. The van der Waals surface area contributed by atoms with Gasteiger partial charge in [0, 0.05) is 49.1 Å². The number of ether oxygens (including phenoxy) is 1. The van der Waals surface area contributed by atoms with Gasteiger partial charge in [-0.15, -0.1) is 0 Å². The van der Waals surface area contributed by atoms with Crippen LogP contribution in [0.1, 0.15) is 17.9 Å². The van der Waals surface area contributed by atoms with Crippen LogP contribution in [-0.2, 0) is 4.74 Å². The van der Waals surface area contributed by atoms with E-state index in [0.29, 0.717) is 6.04 Å². The maximum Gasteiger partial charge on any atom is 0.126 e. The molecule has 6 heteroatoms. The lowest BCUT2D eigenvalue weighted by Crippen LogP contribution is -2.36. The normalized spacial score (nSPS) is 28.1. The van der Waals surface area contributed by atoms with E-state index >= 15 is 0 Å². The zero-order valence-corrected chi connectivity index (χ0v) is 14.3. The number of hydrogen-bond acceptors (Lipinski definition) is 4. The third-order valence-electron chi connectivity index (χ3n) is 4.08. The minimum Gasteiger partial charge on any atom is -0.379 e. The molecule has 2 atom stereocenters. The number of alkyl halides is 1. The SMILES string of the molecule is Fc1ccccc1C1CC(CBr)N(SN2CCOCC2)C1. The van der Waals surface area contributed by atoms with Crippen molar-refractivity contribution in [3.8, 4) is 0 Å². The van der Waals surface area contributed by atoms with E-state index in [1.165, 1.54) is 0 Å². The molecule has 2 aliphatic heterocycles. The molecule has 2 saturated heterocycles. The molecule has 0 saturated carbocycles. The number of halogens is 2. The Balaban J connectivity index is 1.66. The van der Waals surface area contributed by atoms with Crippen LogP contribution in [0.15, 0.2) is 24.3 Å². The quantitative estimate of drug-likeness (QED) is 0.593. The van der Waals surface area contributed by atoms with E-state index in [-0.39, 0.29) is 11.7 Å². The van der Waals surface area contributed by atoms with Crippen molar-refractivity contribution in [2.75, 3.05) is 38.2 Å². The summed E-state index contributed by atoms with van der Waals surface area (Å²) >= 11 is 5.41. The first-order valence-electron chi connectivity index (χ1n) is 7.35. The summed E-state index contributed by atoms with van der Waals surface area (Å²) < 4.78 is 24.1. The molecule has 3 nitrogen and oxygen atoms in total. The summed E-state index contributed by atoms with van der Waals surface area (Å²) in [4.78, 5) is 0. The number of nitrogens with zero attached hydrogens (tertiary/aromatic N) is 2. The first-order valence-corrected chi connectivity index (χ1v) is 9.21. The number of morpholine rings is 1. The van der Waals surface area contributed by atoms with Crippen molar-refractivity contribution >= 4 is 28.1 Å². The summed E-state index contributed by atoms with van der Waals surface area (Å²) in [5.74, 6) is 0.205. The van der Waals surface area contributed by atoms with Crippen LogP contribution in [0.3, 0.4) is 0 Å². The van der Waals surface area contributed by atoms with Crippen LogP contribution in [0, 0.1) is 5.82 Å². The summed E-state index contributed by atoms with van der Waals surface area (Å²) in [6.07, 6.45) is 1.00. The minimum absolute atomic E-state index is 0.0750. The largest absolute Gasteiger partial charge is 0.379 e. The molecule has 2 aliphatic rings. The van der Waals surface area contributed by atoms with Crippen molar-refractivity contribution in [2.45, 2.75) is 18.4 Å². The van der Waals surface area contributed by atoms with Gasteiger partial charge in [0.05, 0.1) is 13.2 Å². The number of benzene rings is 1. The molecule has 21 heavy (non-hydrogen) atoms. The molecular formula is C15H20BrFN2OS.